The Hall–Kier alpha value is -4.76. The number of ether oxygens (including phenoxy) is 3. The summed E-state index contributed by atoms with van der Waals surface area (Å²) in [5.74, 6) is -2.48. The zero-order valence-corrected chi connectivity index (χ0v) is 29.8. The second-order valence-corrected chi connectivity index (χ2v) is 14.6. The normalized spacial score (nSPS) is 20.3. The first-order valence-electron chi connectivity index (χ1n) is 17.6. The molecule has 1 unspecified atom stereocenters. The molecule has 7 rings (SSSR count). The van der Waals surface area contributed by atoms with E-state index in [-0.39, 0.29) is 23.6 Å². The van der Waals surface area contributed by atoms with Crippen molar-refractivity contribution in [3.8, 4) is 23.0 Å². The molecule has 53 heavy (non-hydrogen) atoms. The third kappa shape index (κ3) is 8.10. The van der Waals surface area contributed by atoms with E-state index in [0.717, 1.165) is 78.9 Å². The first-order chi connectivity index (χ1) is 25.7. The Labute approximate surface area is 308 Å². The standard InChI is InChI=1S/C38H39F4N5O5S/c1-50-32-18-25-30(19-33(32)51-14-5-13-46-20-22-6-2-3-7-23(22)21-46)43-12-10-31(25)52-36-28(41)16-24(17-29(36)42)44-38(49)45-47-34(48)11-15-53-37(47)35-26(39)8-4-9-27(35)40/h4,8-10,12,16-19,22-23,37H,2-3,5-7,11,13-15,20-21H2,1H3,(H2,44,45,49)/t22-,23+,37?. The van der Waals surface area contributed by atoms with E-state index in [4.69, 9.17) is 14.2 Å². The van der Waals surface area contributed by atoms with Crippen molar-refractivity contribution in [2.75, 3.05) is 44.4 Å². The topological polar surface area (TPSA) is 105 Å². The lowest BCUT2D eigenvalue weighted by Gasteiger charge is -2.35. The zero-order valence-electron chi connectivity index (χ0n) is 29.0. The predicted molar refractivity (Wildman–Crippen MR) is 192 cm³/mol. The van der Waals surface area contributed by atoms with Crippen LogP contribution in [0.15, 0.2) is 54.7 Å². The molecule has 15 heteroatoms. The van der Waals surface area contributed by atoms with Gasteiger partial charge in [0, 0.05) is 67.3 Å². The number of carbonyl (C=O) groups excluding carboxylic acids is 2. The quantitative estimate of drug-likeness (QED) is 0.117. The van der Waals surface area contributed by atoms with Crippen LogP contribution in [0.1, 0.15) is 49.5 Å². The number of methoxy groups -OCH3 is 1. The fraction of sp³-hybridized carbons (Fsp3) is 0.395. The number of thioether (sulfide) groups is 1. The number of nitrogens with one attached hydrogen (secondary N) is 2. The molecule has 2 N–H and O–H groups in total. The molecule has 1 saturated carbocycles. The van der Waals surface area contributed by atoms with Crippen LogP contribution in [-0.2, 0) is 4.79 Å². The molecule has 4 aromatic rings. The maximum atomic E-state index is 15.4. The van der Waals surface area contributed by atoms with Gasteiger partial charge in [-0.15, -0.1) is 11.8 Å². The minimum Gasteiger partial charge on any atom is -0.493 e. The Balaban J connectivity index is 1.00. The van der Waals surface area contributed by atoms with Gasteiger partial charge in [0.15, 0.2) is 28.9 Å². The highest BCUT2D eigenvalue weighted by Crippen LogP contribution is 2.41. The summed E-state index contributed by atoms with van der Waals surface area (Å²) in [6.45, 7) is 3.77. The molecule has 280 valence electrons. The molecule has 3 aliphatic rings. The molecule has 1 aromatic heterocycles. The molecule has 3 atom stereocenters. The maximum Gasteiger partial charge on any atom is 0.338 e. The summed E-state index contributed by atoms with van der Waals surface area (Å²) in [4.78, 5) is 32.5. The average molecular weight is 754 g/mol. The number of halogens is 4. The van der Waals surface area contributed by atoms with Crippen LogP contribution in [0.2, 0.25) is 0 Å². The van der Waals surface area contributed by atoms with Gasteiger partial charge in [0.25, 0.3) is 0 Å². The van der Waals surface area contributed by atoms with Crippen molar-refractivity contribution in [1.82, 2.24) is 20.3 Å². The summed E-state index contributed by atoms with van der Waals surface area (Å²) in [6, 6.07) is 8.68. The summed E-state index contributed by atoms with van der Waals surface area (Å²) in [6.07, 6.45) is 7.63. The van der Waals surface area contributed by atoms with Gasteiger partial charge in [0.1, 0.15) is 22.8 Å². The van der Waals surface area contributed by atoms with Gasteiger partial charge in [-0.3, -0.25) is 9.78 Å². The smallest absolute Gasteiger partial charge is 0.338 e. The Bertz CT molecular complexity index is 1950. The average Bonchev–Trinajstić information content (AvgIpc) is 3.55. The van der Waals surface area contributed by atoms with Crippen molar-refractivity contribution >= 4 is 40.3 Å². The van der Waals surface area contributed by atoms with Gasteiger partial charge in [0.05, 0.1) is 24.8 Å². The Kier molecular flexibility index (Phi) is 11.1. The van der Waals surface area contributed by atoms with E-state index < -0.39 is 51.9 Å². The van der Waals surface area contributed by atoms with Crippen molar-refractivity contribution in [3.05, 3.63) is 83.6 Å². The number of hydrogen-bond acceptors (Lipinski definition) is 8. The summed E-state index contributed by atoms with van der Waals surface area (Å²) >= 11 is 1.05. The van der Waals surface area contributed by atoms with Crippen LogP contribution in [0.25, 0.3) is 10.9 Å². The van der Waals surface area contributed by atoms with Crippen molar-refractivity contribution in [2.24, 2.45) is 11.8 Å². The third-order valence-electron chi connectivity index (χ3n) is 9.95. The van der Waals surface area contributed by atoms with Gasteiger partial charge in [-0.1, -0.05) is 18.9 Å². The zero-order chi connectivity index (χ0) is 37.1. The van der Waals surface area contributed by atoms with Gasteiger partial charge >= 0.3 is 6.03 Å². The number of pyridine rings is 1. The van der Waals surface area contributed by atoms with Gasteiger partial charge in [-0.2, -0.15) is 0 Å². The first-order valence-corrected chi connectivity index (χ1v) is 18.7. The summed E-state index contributed by atoms with van der Waals surface area (Å²) in [5, 5.41) is 2.28. The lowest BCUT2D eigenvalue weighted by molar-refractivity contribution is -0.134. The number of likely N-dealkylation sites (tertiary alicyclic amines) is 1. The Morgan fingerprint density at radius 2 is 1.66 bits per heavy atom. The fourth-order valence-corrected chi connectivity index (χ4v) is 8.64. The highest BCUT2D eigenvalue weighted by atomic mass is 32.2. The van der Waals surface area contributed by atoms with Crippen molar-refractivity contribution in [2.45, 2.75) is 43.9 Å². The van der Waals surface area contributed by atoms with Crippen LogP contribution in [0.4, 0.5) is 28.0 Å². The van der Waals surface area contributed by atoms with Crippen LogP contribution in [0.5, 0.6) is 23.0 Å². The van der Waals surface area contributed by atoms with Crippen LogP contribution >= 0.6 is 11.8 Å². The van der Waals surface area contributed by atoms with E-state index in [1.54, 1.807) is 12.1 Å². The summed E-state index contributed by atoms with van der Waals surface area (Å²) in [7, 11) is 1.50. The van der Waals surface area contributed by atoms with Crippen LogP contribution in [-0.4, -0.2) is 65.9 Å². The number of nitrogens with zero attached hydrogens (tertiary/aromatic N) is 3. The second-order valence-electron chi connectivity index (χ2n) is 13.4. The summed E-state index contributed by atoms with van der Waals surface area (Å²) in [5.41, 5.74) is 2.01. The van der Waals surface area contributed by atoms with Crippen LogP contribution < -0.4 is 25.0 Å². The van der Waals surface area contributed by atoms with E-state index in [1.165, 1.54) is 51.1 Å². The number of aromatic nitrogens is 1. The molecule has 2 saturated heterocycles. The monoisotopic (exact) mass is 753 g/mol. The molecule has 10 nitrogen and oxygen atoms in total. The number of benzene rings is 3. The van der Waals surface area contributed by atoms with E-state index in [1.807, 2.05) is 0 Å². The molecule has 1 aliphatic carbocycles. The number of fused-ring (bicyclic) bond motifs is 2. The van der Waals surface area contributed by atoms with Crippen molar-refractivity contribution in [3.63, 3.8) is 0 Å². The number of carbonyl (C=O) groups is 2. The summed E-state index contributed by atoms with van der Waals surface area (Å²) < 4.78 is 77.2. The molecular formula is C38H39F4N5O5S. The number of hydrazine groups is 1. The molecule has 3 heterocycles. The SMILES string of the molecule is COc1cc2c(Oc3c(F)cc(NC(=O)NN4C(=O)CCSC4c4c(F)cccc4F)cc3F)ccnc2cc1OCCCN1C[C@H]2CCCC[C@H]2C1. The molecule has 3 amide bonds. The highest BCUT2D eigenvalue weighted by Gasteiger charge is 2.36. The highest BCUT2D eigenvalue weighted by molar-refractivity contribution is 7.99. The van der Waals surface area contributed by atoms with E-state index in [2.05, 4.69) is 20.6 Å². The Morgan fingerprint density at radius 1 is 0.943 bits per heavy atom. The lowest BCUT2D eigenvalue weighted by Crippen LogP contribution is -2.51. The van der Waals surface area contributed by atoms with Crippen molar-refractivity contribution < 1.29 is 41.4 Å². The molecule has 3 aromatic carbocycles. The largest absolute Gasteiger partial charge is 0.493 e. The van der Waals surface area contributed by atoms with Gasteiger partial charge in [0.2, 0.25) is 5.91 Å². The second kappa shape index (κ2) is 16.1. The third-order valence-corrected chi connectivity index (χ3v) is 11.1. The van der Waals surface area contributed by atoms with E-state index in [0.29, 0.717) is 29.0 Å². The van der Waals surface area contributed by atoms with E-state index >= 15 is 8.78 Å². The number of urea groups is 1. The van der Waals surface area contributed by atoms with Crippen LogP contribution in [0.3, 0.4) is 0 Å². The minimum absolute atomic E-state index is 0.00377. The van der Waals surface area contributed by atoms with Gasteiger partial charge < -0.3 is 24.4 Å². The molecule has 0 bridgehead atoms. The predicted octanol–water partition coefficient (Wildman–Crippen LogP) is 8.18. The minimum atomic E-state index is -1.20. The van der Waals surface area contributed by atoms with Crippen LogP contribution in [0, 0.1) is 35.1 Å². The molecule has 3 fully saturated rings. The maximum absolute atomic E-state index is 15.4. The Morgan fingerprint density at radius 3 is 2.36 bits per heavy atom. The van der Waals surface area contributed by atoms with Gasteiger partial charge in [-0.05, 0) is 55.4 Å². The molecular weight excluding hydrogens is 715 g/mol. The lowest BCUT2D eigenvalue weighted by atomic mass is 9.82. The fourth-order valence-electron chi connectivity index (χ4n) is 7.42. The number of anilines is 1. The first kappa shape index (κ1) is 36.6. The number of hydrogen-bond donors (Lipinski definition) is 2. The van der Waals surface area contributed by atoms with E-state index in [9.17, 15) is 18.4 Å². The molecule has 0 spiro atoms. The van der Waals surface area contributed by atoms with Crippen molar-refractivity contribution in [1.29, 1.82) is 0 Å². The molecule has 0 radical (unpaired) electrons. The molecule has 2 aliphatic heterocycles. The number of rotatable bonds is 11. The number of amides is 3. The van der Waals surface area contributed by atoms with Gasteiger partial charge in [-0.25, -0.2) is 32.8 Å².